The van der Waals surface area contributed by atoms with E-state index in [0.29, 0.717) is 30.4 Å². The van der Waals surface area contributed by atoms with Crippen LogP contribution in [0.2, 0.25) is 0 Å². The summed E-state index contributed by atoms with van der Waals surface area (Å²) in [4.78, 5) is 22.8. The topological polar surface area (TPSA) is 87.7 Å². The maximum absolute atomic E-state index is 12.1. The molecule has 0 heterocycles. The number of carboxylic acid groups (broad SMARTS) is 1. The number of ether oxygens (including phenoxy) is 1. The highest BCUT2D eigenvalue weighted by Gasteiger charge is 2.22. The van der Waals surface area contributed by atoms with Crippen molar-refractivity contribution >= 4 is 17.7 Å². The van der Waals surface area contributed by atoms with Crippen LogP contribution in [0.1, 0.15) is 40.5 Å². The highest BCUT2D eigenvalue weighted by Crippen LogP contribution is 2.24. The lowest BCUT2D eigenvalue weighted by Gasteiger charge is -2.26. The second-order valence-electron chi connectivity index (χ2n) is 6.56. The fourth-order valence-corrected chi connectivity index (χ4v) is 1.90. The van der Waals surface area contributed by atoms with Crippen molar-refractivity contribution in [1.29, 1.82) is 0 Å². The lowest BCUT2D eigenvalue weighted by atomic mass is 9.99. The zero-order valence-electron chi connectivity index (χ0n) is 14.2. The summed E-state index contributed by atoms with van der Waals surface area (Å²) in [5, 5.41) is 14.3. The van der Waals surface area contributed by atoms with Crippen molar-refractivity contribution in [2.24, 2.45) is 5.92 Å². The van der Waals surface area contributed by atoms with Gasteiger partial charge in [-0.15, -0.1) is 0 Å². The smallest absolute Gasteiger partial charge is 0.319 e. The third-order valence-electron chi connectivity index (χ3n) is 3.12. The van der Waals surface area contributed by atoms with E-state index < -0.39 is 11.5 Å². The predicted molar refractivity (Wildman–Crippen MR) is 89.9 cm³/mol. The van der Waals surface area contributed by atoms with E-state index in [1.807, 2.05) is 26.0 Å². The van der Waals surface area contributed by atoms with Crippen LogP contribution in [0.25, 0.3) is 0 Å². The normalized spacial score (nSPS) is 11.2. The van der Waals surface area contributed by atoms with E-state index in [0.717, 1.165) is 0 Å². The molecule has 2 amide bonds. The van der Waals surface area contributed by atoms with E-state index in [9.17, 15) is 9.59 Å². The lowest BCUT2D eigenvalue weighted by Crippen LogP contribution is -2.45. The van der Waals surface area contributed by atoms with Crippen LogP contribution in [0.5, 0.6) is 5.75 Å². The molecule has 0 radical (unpaired) electrons. The molecule has 1 aromatic rings. The van der Waals surface area contributed by atoms with Gasteiger partial charge in [0.05, 0.1) is 12.3 Å². The summed E-state index contributed by atoms with van der Waals surface area (Å²) < 4.78 is 5.69. The van der Waals surface area contributed by atoms with E-state index in [1.54, 1.807) is 26.0 Å². The van der Waals surface area contributed by atoms with E-state index in [2.05, 4.69) is 10.6 Å². The molecule has 0 bridgehead atoms. The number of urea groups is 1. The van der Waals surface area contributed by atoms with Crippen molar-refractivity contribution < 1.29 is 19.4 Å². The van der Waals surface area contributed by atoms with Crippen LogP contribution in [0, 0.1) is 5.92 Å². The number of para-hydroxylation sites is 2. The van der Waals surface area contributed by atoms with Crippen molar-refractivity contribution in [2.75, 3.05) is 11.9 Å². The summed E-state index contributed by atoms with van der Waals surface area (Å²) in [6.07, 6.45) is 0.350. The second-order valence-corrected chi connectivity index (χ2v) is 6.56. The van der Waals surface area contributed by atoms with Gasteiger partial charge in [0.15, 0.2) is 0 Å². The Bertz CT molecular complexity index is 541. The minimum atomic E-state index is -0.882. The first-order valence-corrected chi connectivity index (χ1v) is 7.72. The maximum Gasteiger partial charge on any atom is 0.319 e. The molecule has 0 atom stereocenters. The van der Waals surface area contributed by atoms with Gasteiger partial charge in [-0.3, -0.25) is 4.79 Å². The fourth-order valence-electron chi connectivity index (χ4n) is 1.90. The number of rotatable bonds is 8. The Morgan fingerprint density at radius 2 is 1.91 bits per heavy atom. The Morgan fingerprint density at radius 1 is 1.26 bits per heavy atom. The van der Waals surface area contributed by atoms with Gasteiger partial charge < -0.3 is 20.5 Å². The first-order valence-electron chi connectivity index (χ1n) is 7.72. The standard InChI is InChI=1S/C17H26N2O4/c1-12(2)11-23-14-8-6-5-7-13(14)18-16(22)19-17(3,4)10-9-15(20)21/h5-8,12H,9-11H2,1-4H3,(H,20,21)(H2,18,19,22). The molecular formula is C17H26N2O4. The molecule has 0 unspecified atom stereocenters. The molecule has 0 saturated heterocycles. The van der Waals surface area contributed by atoms with Crippen LogP contribution in [-0.4, -0.2) is 29.3 Å². The predicted octanol–water partition coefficient (Wildman–Crippen LogP) is 3.49. The maximum atomic E-state index is 12.1. The fraction of sp³-hybridized carbons (Fsp3) is 0.529. The first-order chi connectivity index (χ1) is 10.7. The highest BCUT2D eigenvalue weighted by molar-refractivity contribution is 5.91. The van der Waals surface area contributed by atoms with Gasteiger partial charge in [0.2, 0.25) is 0 Å². The molecule has 0 fully saturated rings. The molecule has 0 aliphatic carbocycles. The van der Waals surface area contributed by atoms with Crippen LogP contribution in [0.4, 0.5) is 10.5 Å². The van der Waals surface area contributed by atoms with Crippen molar-refractivity contribution in [3.8, 4) is 5.75 Å². The minimum Gasteiger partial charge on any atom is -0.491 e. The second kappa shape index (κ2) is 8.41. The number of carboxylic acids is 1. The molecule has 1 rings (SSSR count). The molecular weight excluding hydrogens is 296 g/mol. The quantitative estimate of drug-likeness (QED) is 0.683. The third-order valence-corrected chi connectivity index (χ3v) is 3.12. The zero-order chi connectivity index (χ0) is 17.5. The number of nitrogens with one attached hydrogen (secondary N) is 2. The monoisotopic (exact) mass is 322 g/mol. The number of anilines is 1. The van der Waals surface area contributed by atoms with Crippen LogP contribution in [0.15, 0.2) is 24.3 Å². The Balaban J connectivity index is 2.65. The Labute approximate surface area is 137 Å². The zero-order valence-corrected chi connectivity index (χ0v) is 14.2. The van der Waals surface area contributed by atoms with Gasteiger partial charge >= 0.3 is 12.0 Å². The number of amides is 2. The summed E-state index contributed by atoms with van der Waals surface area (Å²) in [6, 6.07) is 6.83. The average Bonchev–Trinajstić information content (AvgIpc) is 2.43. The number of carbonyl (C=O) groups excluding carboxylic acids is 1. The minimum absolute atomic E-state index is 0.00136. The summed E-state index contributed by atoms with van der Waals surface area (Å²) in [7, 11) is 0. The van der Waals surface area contributed by atoms with Gasteiger partial charge in [-0.25, -0.2) is 4.79 Å². The largest absolute Gasteiger partial charge is 0.491 e. The number of hydrogen-bond donors (Lipinski definition) is 3. The van der Waals surface area contributed by atoms with Gasteiger partial charge in [0.25, 0.3) is 0 Å². The summed E-state index contributed by atoms with van der Waals surface area (Å²) in [5.41, 5.74) is -0.0318. The van der Waals surface area contributed by atoms with Gasteiger partial charge in [-0.05, 0) is 38.3 Å². The molecule has 23 heavy (non-hydrogen) atoms. The molecule has 128 valence electrons. The summed E-state index contributed by atoms with van der Waals surface area (Å²) in [5.74, 6) is 0.110. The Kier molecular flexibility index (Phi) is 6.88. The van der Waals surface area contributed by atoms with Crippen LogP contribution in [-0.2, 0) is 4.79 Å². The molecule has 1 aromatic carbocycles. The van der Waals surface area contributed by atoms with Crippen molar-refractivity contribution in [2.45, 2.75) is 46.1 Å². The molecule has 0 spiro atoms. The Hall–Kier alpha value is -2.24. The van der Waals surface area contributed by atoms with E-state index in [1.165, 1.54) is 0 Å². The van der Waals surface area contributed by atoms with Crippen LogP contribution < -0.4 is 15.4 Å². The molecule has 0 aliphatic rings. The van der Waals surface area contributed by atoms with Crippen molar-refractivity contribution in [1.82, 2.24) is 5.32 Å². The molecule has 0 aliphatic heterocycles. The molecule has 0 saturated carbocycles. The van der Waals surface area contributed by atoms with E-state index in [-0.39, 0.29) is 12.5 Å². The molecule has 6 nitrogen and oxygen atoms in total. The van der Waals surface area contributed by atoms with Crippen LogP contribution >= 0.6 is 0 Å². The molecule has 0 aromatic heterocycles. The number of aliphatic carboxylic acids is 1. The van der Waals surface area contributed by atoms with E-state index in [4.69, 9.17) is 9.84 Å². The first kappa shape index (κ1) is 18.8. The lowest BCUT2D eigenvalue weighted by molar-refractivity contribution is -0.137. The number of hydrogen-bond acceptors (Lipinski definition) is 3. The van der Waals surface area contributed by atoms with Crippen molar-refractivity contribution in [3.63, 3.8) is 0 Å². The van der Waals surface area contributed by atoms with Crippen molar-refractivity contribution in [3.05, 3.63) is 24.3 Å². The summed E-state index contributed by atoms with van der Waals surface area (Å²) >= 11 is 0. The third kappa shape index (κ3) is 7.54. The molecule has 6 heteroatoms. The van der Waals surface area contributed by atoms with Crippen LogP contribution in [0.3, 0.4) is 0 Å². The summed E-state index contributed by atoms with van der Waals surface area (Å²) in [6.45, 7) is 8.24. The van der Waals surface area contributed by atoms with E-state index >= 15 is 0 Å². The highest BCUT2D eigenvalue weighted by atomic mass is 16.5. The molecule has 3 N–H and O–H groups in total. The average molecular weight is 322 g/mol. The Morgan fingerprint density at radius 3 is 2.52 bits per heavy atom. The van der Waals surface area contributed by atoms with Gasteiger partial charge in [0.1, 0.15) is 5.75 Å². The SMILES string of the molecule is CC(C)COc1ccccc1NC(=O)NC(C)(C)CCC(=O)O. The van der Waals surface area contributed by atoms with Gasteiger partial charge in [-0.2, -0.15) is 0 Å². The number of carbonyl (C=O) groups is 2. The number of benzene rings is 1. The van der Waals surface area contributed by atoms with Gasteiger partial charge in [-0.1, -0.05) is 26.0 Å². The van der Waals surface area contributed by atoms with Gasteiger partial charge in [0, 0.05) is 12.0 Å².